The number of nitrogens with one attached hydrogen (secondary N) is 6. The number of fused-ring (bicyclic) bond motifs is 3. The summed E-state index contributed by atoms with van der Waals surface area (Å²) in [4.78, 5) is 27.4. The molecule has 0 saturated heterocycles. The summed E-state index contributed by atoms with van der Waals surface area (Å²) in [5.41, 5.74) is 16.1. The summed E-state index contributed by atoms with van der Waals surface area (Å²) < 4.78 is 29.0. The first-order valence-electron chi connectivity index (χ1n) is 15.5. The van der Waals surface area contributed by atoms with Crippen LogP contribution in [0, 0.1) is 5.41 Å². The van der Waals surface area contributed by atoms with Crippen molar-refractivity contribution in [1.82, 2.24) is 36.3 Å². The molecule has 16 heteroatoms. The van der Waals surface area contributed by atoms with Gasteiger partial charge in [0.05, 0.1) is 25.4 Å². The standard InChI is InChI=1S/C33H39N11O4S/c1-2-43-19-25-9-6-10-26(15-25)20-44-21-28(39-42-44)16-29(32(45)36-17-23-11-13-27(14-12-23)31(34)35)38-33(46)30(18-37-41-43)40-49(47,48)22-24-7-4-3-5-8-24/h2-15,21,29-30,39-40,42H,1,16-20,22H2,(H3,34,35)(H,36,45)(H,38,46)/t29-,30+/m0/s1. The van der Waals surface area contributed by atoms with Gasteiger partial charge in [0.2, 0.25) is 21.8 Å². The topological polar surface area (TPSA) is 210 Å². The van der Waals surface area contributed by atoms with E-state index in [9.17, 15) is 18.0 Å². The predicted molar refractivity (Wildman–Crippen MR) is 184 cm³/mol. The maximum Gasteiger partial charge on any atom is 0.243 e. The van der Waals surface area contributed by atoms with Crippen molar-refractivity contribution in [2.75, 3.05) is 6.54 Å². The number of hydrazine groups is 2. The number of rotatable bonds is 9. The van der Waals surface area contributed by atoms with Crippen LogP contribution in [0.3, 0.4) is 0 Å². The van der Waals surface area contributed by atoms with Gasteiger partial charge in [-0.15, -0.1) is 5.53 Å². The average Bonchev–Trinajstić information content (AvgIpc) is 3.52. The fourth-order valence-electron chi connectivity index (χ4n) is 5.17. The van der Waals surface area contributed by atoms with Crippen LogP contribution in [0.5, 0.6) is 0 Å². The van der Waals surface area contributed by atoms with Crippen LogP contribution in [-0.2, 0) is 45.0 Å². The largest absolute Gasteiger partial charge is 0.384 e. The Balaban J connectivity index is 1.42. The molecule has 0 radical (unpaired) electrons. The molecule has 2 amide bonds. The minimum absolute atomic E-state index is 0.0552. The summed E-state index contributed by atoms with van der Waals surface area (Å²) in [6.07, 6.45) is 3.34. The normalized spacial score (nSPS) is 18.4. The third-order valence-electron chi connectivity index (χ3n) is 7.64. The second-order valence-corrected chi connectivity index (χ2v) is 13.3. The van der Waals surface area contributed by atoms with Gasteiger partial charge in [0.25, 0.3) is 0 Å². The van der Waals surface area contributed by atoms with E-state index in [4.69, 9.17) is 11.1 Å². The number of hydrogen-bond donors (Lipinski definition) is 7. The molecule has 4 bridgehead atoms. The Kier molecular flexibility index (Phi) is 11.4. The fourth-order valence-corrected chi connectivity index (χ4v) is 6.50. The molecule has 0 aromatic heterocycles. The van der Waals surface area contributed by atoms with Gasteiger partial charge in [-0.2, -0.15) is 5.11 Å². The van der Waals surface area contributed by atoms with E-state index in [0.29, 0.717) is 29.9 Å². The molecule has 8 N–H and O–H groups in total. The lowest BCUT2D eigenvalue weighted by molar-refractivity contribution is -0.129. The van der Waals surface area contributed by atoms with Crippen LogP contribution in [0.4, 0.5) is 0 Å². The molecule has 5 rings (SSSR count). The van der Waals surface area contributed by atoms with E-state index < -0.39 is 33.9 Å². The van der Waals surface area contributed by atoms with Gasteiger partial charge in [0.15, 0.2) is 0 Å². The van der Waals surface area contributed by atoms with Crippen LogP contribution in [0.1, 0.15) is 34.2 Å². The second-order valence-electron chi connectivity index (χ2n) is 11.5. The second kappa shape index (κ2) is 16.0. The Labute approximate surface area is 284 Å². The number of nitrogen functional groups attached to an aromatic ring is 1. The predicted octanol–water partition coefficient (Wildman–Crippen LogP) is 1.64. The quantitative estimate of drug-likeness (QED) is 0.129. The molecule has 2 heterocycles. The third kappa shape index (κ3) is 10.2. The summed E-state index contributed by atoms with van der Waals surface area (Å²) in [5, 5.41) is 24.8. The van der Waals surface area contributed by atoms with E-state index in [1.165, 1.54) is 11.2 Å². The molecule has 2 atom stereocenters. The zero-order valence-electron chi connectivity index (χ0n) is 26.7. The van der Waals surface area contributed by atoms with Crippen LogP contribution >= 0.6 is 0 Å². The van der Waals surface area contributed by atoms with Crippen LogP contribution in [-0.4, -0.2) is 54.7 Å². The number of sulfonamides is 1. The Morgan fingerprint density at radius 3 is 2.49 bits per heavy atom. The lowest BCUT2D eigenvalue weighted by atomic mass is 10.1. The van der Waals surface area contributed by atoms with Crippen molar-refractivity contribution in [3.05, 3.63) is 131 Å². The van der Waals surface area contributed by atoms with Crippen molar-refractivity contribution in [2.24, 2.45) is 16.1 Å². The van der Waals surface area contributed by atoms with Crippen molar-refractivity contribution in [3.63, 3.8) is 0 Å². The SMILES string of the molecule is C=CN1Cc2cccc(c2)CN2C=C(C[C@@H](C(=O)NCc3ccc(C(=N)N)cc3)NC(=O)[C@H](NS(=O)(=O)Cc3ccccc3)CN=N1)NN2. The first-order chi connectivity index (χ1) is 23.6. The van der Waals surface area contributed by atoms with Gasteiger partial charge in [0.1, 0.15) is 17.9 Å². The van der Waals surface area contributed by atoms with Gasteiger partial charge >= 0.3 is 0 Å². The lowest BCUT2D eigenvalue weighted by Gasteiger charge is -2.23. The monoisotopic (exact) mass is 685 g/mol. The molecule has 256 valence electrons. The van der Waals surface area contributed by atoms with Crippen molar-refractivity contribution in [2.45, 2.75) is 43.9 Å². The van der Waals surface area contributed by atoms with E-state index in [0.717, 1.165) is 16.7 Å². The van der Waals surface area contributed by atoms with Gasteiger partial charge in [-0.05, 0) is 22.3 Å². The maximum absolute atomic E-state index is 13.8. The van der Waals surface area contributed by atoms with Gasteiger partial charge in [-0.1, -0.05) is 90.7 Å². The van der Waals surface area contributed by atoms with Crippen molar-refractivity contribution in [3.8, 4) is 0 Å². The van der Waals surface area contributed by atoms with Crippen molar-refractivity contribution < 1.29 is 18.0 Å². The van der Waals surface area contributed by atoms with Crippen LogP contribution < -0.4 is 32.0 Å². The average molecular weight is 686 g/mol. The number of nitrogens with two attached hydrogens (primary N) is 1. The smallest absolute Gasteiger partial charge is 0.243 e. The number of carbonyl (C=O) groups is 2. The molecule has 49 heavy (non-hydrogen) atoms. The van der Waals surface area contributed by atoms with Crippen LogP contribution in [0.2, 0.25) is 0 Å². The summed E-state index contributed by atoms with van der Waals surface area (Å²) in [5.74, 6) is -1.69. The first-order valence-corrected chi connectivity index (χ1v) is 17.1. The third-order valence-corrected chi connectivity index (χ3v) is 9.00. The molecule has 0 unspecified atom stereocenters. The van der Waals surface area contributed by atoms with E-state index in [1.807, 2.05) is 29.3 Å². The Morgan fingerprint density at radius 1 is 1.04 bits per heavy atom. The molecule has 0 aliphatic carbocycles. The van der Waals surface area contributed by atoms with Crippen LogP contribution in [0.15, 0.2) is 114 Å². The molecule has 0 spiro atoms. The number of carbonyl (C=O) groups excluding carboxylic acids is 2. The number of amidine groups is 1. The molecule has 3 aromatic rings. The highest BCUT2D eigenvalue weighted by Crippen LogP contribution is 2.16. The van der Waals surface area contributed by atoms with Crippen molar-refractivity contribution in [1.29, 1.82) is 5.41 Å². The highest BCUT2D eigenvalue weighted by Gasteiger charge is 2.30. The maximum atomic E-state index is 13.8. The van der Waals surface area contributed by atoms with Gasteiger partial charge in [-0.3, -0.25) is 25.0 Å². The molecular formula is C33H39N11O4S. The summed E-state index contributed by atoms with van der Waals surface area (Å²) in [6, 6.07) is 20.8. The molecule has 2 aliphatic heterocycles. The van der Waals surface area contributed by atoms with E-state index in [1.54, 1.807) is 60.8 Å². The molecule has 0 saturated carbocycles. The summed E-state index contributed by atoms with van der Waals surface area (Å²) >= 11 is 0. The minimum atomic E-state index is -4.03. The number of hydrogen-bond acceptors (Lipinski definition) is 11. The Morgan fingerprint density at radius 2 is 1.78 bits per heavy atom. The molecule has 3 aromatic carbocycles. The van der Waals surface area contributed by atoms with E-state index >= 15 is 0 Å². The highest BCUT2D eigenvalue weighted by molar-refractivity contribution is 7.88. The Bertz CT molecular complexity index is 1830. The zero-order chi connectivity index (χ0) is 34.8. The van der Waals surface area contributed by atoms with Crippen LogP contribution in [0.25, 0.3) is 0 Å². The molecular weight excluding hydrogens is 647 g/mol. The number of amides is 2. The van der Waals surface area contributed by atoms with Crippen molar-refractivity contribution >= 4 is 27.7 Å². The minimum Gasteiger partial charge on any atom is -0.384 e. The van der Waals surface area contributed by atoms with E-state index in [2.05, 4.69) is 43.2 Å². The van der Waals surface area contributed by atoms with E-state index in [-0.39, 0.29) is 31.1 Å². The lowest BCUT2D eigenvalue weighted by Crippen LogP contribution is -2.55. The molecule has 15 nitrogen and oxygen atoms in total. The number of nitrogens with zero attached hydrogens (tertiary/aromatic N) is 4. The first kappa shape index (κ1) is 34.7. The summed E-state index contributed by atoms with van der Waals surface area (Å²) in [7, 11) is -4.03. The molecule has 2 aliphatic rings. The zero-order valence-corrected chi connectivity index (χ0v) is 27.5. The number of benzene rings is 3. The fraction of sp³-hybridized carbons (Fsp3) is 0.242. The van der Waals surface area contributed by atoms with Gasteiger partial charge in [0, 0.05) is 36.6 Å². The molecule has 0 fully saturated rings. The Hall–Kier alpha value is -5.58. The van der Waals surface area contributed by atoms with Gasteiger partial charge in [-0.25, -0.2) is 13.1 Å². The van der Waals surface area contributed by atoms with Gasteiger partial charge < -0.3 is 21.8 Å². The summed E-state index contributed by atoms with van der Waals surface area (Å²) in [6.45, 7) is 4.42. The highest BCUT2D eigenvalue weighted by atomic mass is 32.2.